The number of hydrogen-bond acceptors (Lipinski definition) is 3. The maximum Gasteiger partial charge on any atom is 0.167 e. The fourth-order valence-corrected chi connectivity index (χ4v) is 4.59. The van der Waals surface area contributed by atoms with Crippen LogP contribution in [0.5, 0.6) is 0 Å². The molecule has 0 radical (unpaired) electrons. The van der Waals surface area contributed by atoms with Gasteiger partial charge in [-0.15, -0.1) is 0 Å². The average Bonchev–Trinajstić information content (AvgIpc) is 2.72. The molecule has 3 nitrogen and oxygen atoms in total. The Balaban J connectivity index is 1.78. The zero-order valence-corrected chi connectivity index (χ0v) is 19.1. The van der Waals surface area contributed by atoms with Gasteiger partial charge >= 0.3 is 0 Å². The Bertz CT molecular complexity index is 915. The molecular formula is C27H35NO2. The lowest BCUT2D eigenvalue weighted by Crippen LogP contribution is -2.25. The third-order valence-corrected chi connectivity index (χ3v) is 6.33. The van der Waals surface area contributed by atoms with Gasteiger partial charge in [0.05, 0.1) is 5.57 Å². The summed E-state index contributed by atoms with van der Waals surface area (Å²) in [4.78, 5) is 15.4. The van der Waals surface area contributed by atoms with E-state index >= 15 is 0 Å². The van der Waals surface area contributed by atoms with E-state index in [1.54, 1.807) is 0 Å². The number of carbonyl (C=O) groups excluding carboxylic acids is 1. The van der Waals surface area contributed by atoms with Gasteiger partial charge in [-0.25, -0.2) is 0 Å². The van der Waals surface area contributed by atoms with Crippen LogP contribution in [0.1, 0.15) is 60.9 Å². The maximum absolute atomic E-state index is 13.2. The third kappa shape index (κ3) is 4.77. The maximum atomic E-state index is 13.2. The van der Waals surface area contributed by atoms with Gasteiger partial charge in [0.25, 0.3) is 0 Å². The molecule has 1 aliphatic rings. The van der Waals surface area contributed by atoms with Crippen LogP contribution >= 0.6 is 0 Å². The molecule has 0 aliphatic heterocycles. The molecule has 1 atom stereocenters. The number of aliphatic hydroxyl groups is 1. The third-order valence-electron chi connectivity index (χ3n) is 6.33. The molecule has 160 valence electrons. The van der Waals surface area contributed by atoms with Crippen molar-refractivity contribution in [2.24, 2.45) is 5.92 Å². The van der Waals surface area contributed by atoms with Crippen LogP contribution in [-0.4, -0.2) is 24.5 Å². The fourth-order valence-electron chi connectivity index (χ4n) is 4.59. The van der Waals surface area contributed by atoms with Crippen molar-refractivity contribution in [3.63, 3.8) is 0 Å². The van der Waals surface area contributed by atoms with Crippen LogP contribution in [0, 0.1) is 19.8 Å². The molecule has 3 rings (SSSR count). The summed E-state index contributed by atoms with van der Waals surface area (Å²) in [5.41, 5.74) is 7.55. The summed E-state index contributed by atoms with van der Waals surface area (Å²) in [6, 6.07) is 12.8. The second kappa shape index (κ2) is 9.51. The van der Waals surface area contributed by atoms with Crippen molar-refractivity contribution in [2.75, 3.05) is 18.5 Å². The summed E-state index contributed by atoms with van der Waals surface area (Å²) in [6.07, 6.45) is 3.71. The molecule has 0 heterocycles. The summed E-state index contributed by atoms with van der Waals surface area (Å²) in [6.45, 7) is 9.29. The van der Waals surface area contributed by atoms with Gasteiger partial charge in [0, 0.05) is 32.1 Å². The van der Waals surface area contributed by atoms with Crippen LogP contribution in [0.3, 0.4) is 0 Å². The van der Waals surface area contributed by atoms with Gasteiger partial charge in [0.1, 0.15) is 5.76 Å². The van der Waals surface area contributed by atoms with Gasteiger partial charge < -0.3 is 10.0 Å². The molecular weight excluding hydrogens is 370 g/mol. The number of aliphatic hydroxyl groups excluding tert-OH is 1. The molecule has 0 amide bonds. The molecule has 0 fully saturated rings. The number of aryl methyl sites for hydroxylation is 4. The van der Waals surface area contributed by atoms with E-state index in [9.17, 15) is 9.90 Å². The normalized spacial score (nSPS) is 16.8. The Hall–Kier alpha value is -2.55. The SMILES string of the molecule is CCc1cc(C)cc(CC)c1C1=C(O)CC(CCN(C)c2ccc(C)cc2)CC1=O. The van der Waals surface area contributed by atoms with E-state index in [0.29, 0.717) is 18.4 Å². The summed E-state index contributed by atoms with van der Waals surface area (Å²) < 4.78 is 0. The predicted octanol–water partition coefficient (Wildman–Crippen LogP) is 6.20. The Morgan fingerprint density at radius 1 is 0.967 bits per heavy atom. The van der Waals surface area contributed by atoms with Crippen molar-refractivity contribution in [2.45, 2.75) is 59.8 Å². The quantitative estimate of drug-likeness (QED) is 0.596. The second-order valence-corrected chi connectivity index (χ2v) is 8.73. The van der Waals surface area contributed by atoms with E-state index in [4.69, 9.17) is 0 Å². The Morgan fingerprint density at radius 2 is 1.57 bits per heavy atom. The van der Waals surface area contributed by atoms with E-state index in [-0.39, 0.29) is 17.5 Å². The minimum atomic E-state index is 0.0926. The highest BCUT2D eigenvalue weighted by molar-refractivity contribution is 6.22. The monoisotopic (exact) mass is 405 g/mol. The van der Waals surface area contributed by atoms with Gasteiger partial charge in [-0.05, 0) is 67.9 Å². The van der Waals surface area contributed by atoms with E-state index in [0.717, 1.165) is 31.4 Å². The van der Waals surface area contributed by atoms with Crippen LogP contribution in [-0.2, 0) is 17.6 Å². The van der Waals surface area contributed by atoms with Crippen molar-refractivity contribution >= 4 is 17.0 Å². The molecule has 0 saturated carbocycles. The summed E-state index contributed by atoms with van der Waals surface area (Å²) in [7, 11) is 2.09. The van der Waals surface area contributed by atoms with Crippen molar-refractivity contribution < 1.29 is 9.90 Å². The lowest BCUT2D eigenvalue weighted by atomic mass is 9.79. The Labute approximate surface area is 181 Å². The molecule has 1 N–H and O–H groups in total. The standard InChI is InChI=1S/C27H35NO2/c1-6-21-14-19(4)15-22(7-2)26(21)27-24(29)16-20(17-25(27)30)12-13-28(5)23-10-8-18(3)9-11-23/h8-11,14-15,20,29H,6-7,12-13,16-17H2,1-5H3. The van der Waals surface area contributed by atoms with Crippen LogP contribution < -0.4 is 4.90 Å². The first kappa shape index (κ1) is 22.1. The molecule has 0 saturated heterocycles. The second-order valence-electron chi connectivity index (χ2n) is 8.73. The topological polar surface area (TPSA) is 40.5 Å². The molecule has 1 aliphatic carbocycles. The summed E-state index contributed by atoms with van der Waals surface area (Å²) in [5.74, 6) is 0.562. The minimum absolute atomic E-state index is 0.0926. The molecule has 1 unspecified atom stereocenters. The number of rotatable bonds is 7. The van der Waals surface area contributed by atoms with E-state index < -0.39 is 0 Å². The smallest absolute Gasteiger partial charge is 0.167 e. The molecule has 0 bridgehead atoms. The number of ketones is 1. The largest absolute Gasteiger partial charge is 0.512 e. The van der Waals surface area contributed by atoms with E-state index in [2.05, 4.69) is 76.0 Å². The highest BCUT2D eigenvalue weighted by atomic mass is 16.3. The van der Waals surface area contributed by atoms with Crippen LogP contribution in [0.25, 0.3) is 5.57 Å². The van der Waals surface area contributed by atoms with Gasteiger partial charge in [-0.3, -0.25) is 4.79 Å². The predicted molar refractivity (Wildman–Crippen MR) is 126 cm³/mol. The number of benzene rings is 2. The fraction of sp³-hybridized carbons (Fsp3) is 0.444. The molecule has 30 heavy (non-hydrogen) atoms. The lowest BCUT2D eigenvalue weighted by Gasteiger charge is -2.28. The molecule has 0 aromatic heterocycles. The number of hydrogen-bond donors (Lipinski definition) is 1. The van der Waals surface area contributed by atoms with Crippen LogP contribution in [0.15, 0.2) is 42.2 Å². The highest BCUT2D eigenvalue weighted by Crippen LogP contribution is 2.37. The number of allylic oxidation sites excluding steroid dienone is 2. The van der Waals surface area contributed by atoms with E-state index in [1.165, 1.54) is 27.9 Å². The van der Waals surface area contributed by atoms with Gasteiger partial charge in [-0.2, -0.15) is 0 Å². The lowest BCUT2D eigenvalue weighted by molar-refractivity contribution is -0.115. The molecule has 0 spiro atoms. The van der Waals surface area contributed by atoms with Crippen LogP contribution in [0.4, 0.5) is 5.69 Å². The minimum Gasteiger partial charge on any atom is -0.512 e. The number of nitrogens with zero attached hydrogens (tertiary/aromatic N) is 1. The van der Waals surface area contributed by atoms with Crippen LogP contribution in [0.2, 0.25) is 0 Å². The zero-order valence-electron chi connectivity index (χ0n) is 19.1. The molecule has 2 aromatic carbocycles. The van der Waals surface area contributed by atoms with E-state index in [1.807, 2.05) is 0 Å². The number of Topliss-reactive ketones (excluding diaryl/α,β-unsaturated/α-hetero) is 1. The Morgan fingerprint density at radius 3 is 2.10 bits per heavy atom. The number of carbonyl (C=O) groups is 1. The highest BCUT2D eigenvalue weighted by Gasteiger charge is 2.30. The summed E-state index contributed by atoms with van der Waals surface area (Å²) in [5, 5.41) is 10.9. The van der Waals surface area contributed by atoms with Crippen molar-refractivity contribution in [3.8, 4) is 0 Å². The summed E-state index contributed by atoms with van der Waals surface area (Å²) >= 11 is 0. The first-order valence-electron chi connectivity index (χ1n) is 11.2. The van der Waals surface area contributed by atoms with Crippen molar-refractivity contribution in [1.82, 2.24) is 0 Å². The first-order valence-corrected chi connectivity index (χ1v) is 11.2. The zero-order chi connectivity index (χ0) is 21.8. The van der Waals surface area contributed by atoms with Gasteiger partial charge in [-0.1, -0.05) is 49.2 Å². The Kier molecular flexibility index (Phi) is 7.02. The first-order chi connectivity index (χ1) is 14.3. The van der Waals surface area contributed by atoms with Gasteiger partial charge in [0.15, 0.2) is 5.78 Å². The molecule has 2 aromatic rings. The van der Waals surface area contributed by atoms with Gasteiger partial charge in [0.2, 0.25) is 0 Å². The van der Waals surface area contributed by atoms with Crippen molar-refractivity contribution in [3.05, 3.63) is 70.0 Å². The average molecular weight is 406 g/mol. The van der Waals surface area contributed by atoms with Crippen molar-refractivity contribution in [1.29, 1.82) is 0 Å². The number of anilines is 1. The molecule has 3 heteroatoms.